The van der Waals surface area contributed by atoms with Crippen molar-refractivity contribution in [3.8, 4) is 0 Å². The van der Waals surface area contributed by atoms with E-state index >= 15 is 4.39 Å². The number of hydrogen-bond donors (Lipinski definition) is 5. The van der Waals surface area contributed by atoms with Crippen molar-refractivity contribution < 1.29 is 19.1 Å². The minimum atomic E-state index is -1.03. The van der Waals surface area contributed by atoms with Crippen LogP contribution in [0.25, 0.3) is 10.9 Å². The Kier molecular flexibility index (Phi) is 9.05. The summed E-state index contributed by atoms with van der Waals surface area (Å²) in [5.41, 5.74) is 7.24. The number of carbonyl (C=O) groups is 2. The number of anilines is 4. The first-order chi connectivity index (χ1) is 21.7. The molecule has 1 aliphatic rings. The molecule has 1 saturated carbocycles. The molecule has 4 aromatic rings. The van der Waals surface area contributed by atoms with Gasteiger partial charge in [0.25, 0.3) is 5.91 Å². The van der Waals surface area contributed by atoms with Crippen molar-refractivity contribution in [2.24, 2.45) is 0 Å². The van der Waals surface area contributed by atoms with Crippen LogP contribution in [0.4, 0.5) is 32.2 Å². The highest BCUT2D eigenvalue weighted by atomic mass is 19.1. The number of carbonyl (C=O) groups excluding carboxylic acids is 1. The molecule has 0 saturated heterocycles. The van der Waals surface area contributed by atoms with E-state index in [4.69, 9.17) is 5.73 Å². The molecule has 242 valence electrons. The van der Waals surface area contributed by atoms with Crippen molar-refractivity contribution in [3.05, 3.63) is 83.8 Å². The van der Waals surface area contributed by atoms with Gasteiger partial charge in [0.2, 0.25) is 0 Å². The molecule has 1 fully saturated rings. The minimum Gasteiger partial charge on any atom is -0.465 e. The average Bonchev–Trinajstić information content (AvgIpc) is 2.99. The molecule has 6 N–H and O–H groups in total. The van der Waals surface area contributed by atoms with Crippen LogP contribution in [0.3, 0.4) is 0 Å². The van der Waals surface area contributed by atoms with Crippen LogP contribution in [-0.4, -0.2) is 49.6 Å². The van der Waals surface area contributed by atoms with Crippen LogP contribution >= 0.6 is 0 Å². The number of nitrogen functional groups attached to an aromatic ring is 1. The molecule has 0 bridgehead atoms. The maximum absolute atomic E-state index is 15.9. The fourth-order valence-electron chi connectivity index (χ4n) is 6.22. The van der Waals surface area contributed by atoms with Crippen molar-refractivity contribution in [2.75, 3.05) is 16.4 Å². The molecular formula is C35H42FN7O3. The highest BCUT2D eigenvalue weighted by molar-refractivity contribution is 6.00. The summed E-state index contributed by atoms with van der Waals surface area (Å²) in [5.74, 6) is -1.20. The van der Waals surface area contributed by atoms with Crippen molar-refractivity contribution >= 4 is 45.9 Å². The summed E-state index contributed by atoms with van der Waals surface area (Å²) in [6.45, 7) is 9.30. The molecule has 2 atom stereocenters. The van der Waals surface area contributed by atoms with Gasteiger partial charge in [0.15, 0.2) is 11.6 Å². The van der Waals surface area contributed by atoms with Crippen molar-refractivity contribution in [3.63, 3.8) is 0 Å². The molecule has 2 heterocycles. The van der Waals surface area contributed by atoms with E-state index in [-0.39, 0.29) is 23.2 Å². The molecule has 0 radical (unpaired) electrons. The van der Waals surface area contributed by atoms with E-state index in [0.717, 1.165) is 29.9 Å². The first kappa shape index (κ1) is 32.5. The van der Waals surface area contributed by atoms with Crippen molar-refractivity contribution in [1.82, 2.24) is 20.2 Å². The lowest BCUT2D eigenvalue weighted by Crippen LogP contribution is -2.58. The summed E-state index contributed by atoms with van der Waals surface area (Å²) in [5, 5.41) is 20.3. The monoisotopic (exact) mass is 627 g/mol. The molecule has 2 aromatic carbocycles. The number of hydrogen-bond acceptors (Lipinski definition) is 7. The quantitative estimate of drug-likeness (QED) is 0.128. The predicted molar refractivity (Wildman–Crippen MR) is 180 cm³/mol. The van der Waals surface area contributed by atoms with E-state index in [9.17, 15) is 14.7 Å². The molecule has 46 heavy (non-hydrogen) atoms. The SMILES string of the molecule is CC(C)(NC(=O)c1cc(F)c(N[C@H]2CCCC[C@H]2N(C(=O)O)C(C)(C)C)nc1Nc1cnc2c(N)cccc2c1)c1ccccc1. The number of nitrogens with one attached hydrogen (secondary N) is 3. The summed E-state index contributed by atoms with van der Waals surface area (Å²) in [6.07, 6.45) is 3.55. The first-order valence-corrected chi connectivity index (χ1v) is 15.5. The van der Waals surface area contributed by atoms with E-state index in [1.54, 1.807) is 12.3 Å². The zero-order valence-corrected chi connectivity index (χ0v) is 26.9. The molecular weight excluding hydrogens is 585 g/mol. The molecule has 2 aromatic heterocycles. The van der Waals surface area contributed by atoms with Gasteiger partial charge in [-0.15, -0.1) is 0 Å². The summed E-state index contributed by atoms with van der Waals surface area (Å²) >= 11 is 0. The molecule has 5 rings (SSSR count). The molecule has 2 amide bonds. The van der Waals surface area contributed by atoms with Crippen LogP contribution in [0.5, 0.6) is 0 Å². The van der Waals surface area contributed by atoms with Gasteiger partial charge >= 0.3 is 6.09 Å². The normalized spacial score (nSPS) is 16.9. The fraction of sp³-hybridized carbons (Fsp3) is 0.371. The van der Waals surface area contributed by atoms with Crippen LogP contribution in [-0.2, 0) is 5.54 Å². The minimum absolute atomic E-state index is 0.00165. The molecule has 10 nitrogen and oxygen atoms in total. The second-order valence-electron chi connectivity index (χ2n) is 13.4. The Morgan fingerprint density at radius 2 is 1.70 bits per heavy atom. The third kappa shape index (κ3) is 6.98. The van der Waals surface area contributed by atoms with Gasteiger partial charge in [-0.25, -0.2) is 14.2 Å². The van der Waals surface area contributed by atoms with Gasteiger partial charge in [-0.05, 0) is 71.2 Å². The van der Waals surface area contributed by atoms with Gasteiger partial charge < -0.3 is 26.8 Å². The Hall–Kier alpha value is -4.93. The van der Waals surface area contributed by atoms with Crippen molar-refractivity contribution in [1.29, 1.82) is 0 Å². The molecule has 0 aliphatic heterocycles. The zero-order valence-electron chi connectivity index (χ0n) is 26.9. The molecule has 1 aliphatic carbocycles. The Labute approximate surface area is 268 Å². The number of pyridine rings is 2. The van der Waals surface area contributed by atoms with E-state index < -0.39 is 34.9 Å². The maximum Gasteiger partial charge on any atom is 0.408 e. The van der Waals surface area contributed by atoms with Gasteiger partial charge in [0.1, 0.15) is 5.82 Å². The highest BCUT2D eigenvalue weighted by Gasteiger charge is 2.39. The summed E-state index contributed by atoms with van der Waals surface area (Å²) in [6, 6.07) is 17.2. The number of fused-ring (bicyclic) bond motifs is 1. The van der Waals surface area contributed by atoms with Gasteiger partial charge in [0.05, 0.1) is 40.2 Å². The third-order valence-corrected chi connectivity index (χ3v) is 8.46. The van der Waals surface area contributed by atoms with E-state index in [1.165, 1.54) is 4.90 Å². The topological polar surface area (TPSA) is 146 Å². The number of rotatable bonds is 8. The largest absolute Gasteiger partial charge is 0.465 e. The number of benzene rings is 2. The summed E-state index contributed by atoms with van der Waals surface area (Å²) in [7, 11) is 0. The maximum atomic E-state index is 15.9. The second-order valence-corrected chi connectivity index (χ2v) is 13.4. The Morgan fingerprint density at radius 3 is 2.39 bits per heavy atom. The molecule has 0 unspecified atom stereocenters. The highest BCUT2D eigenvalue weighted by Crippen LogP contribution is 2.33. The van der Waals surface area contributed by atoms with Crippen LogP contribution in [0.15, 0.2) is 66.9 Å². The van der Waals surface area contributed by atoms with Gasteiger partial charge in [-0.1, -0.05) is 55.3 Å². The lowest BCUT2D eigenvalue weighted by Gasteiger charge is -2.45. The first-order valence-electron chi connectivity index (χ1n) is 15.5. The third-order valence-electron chi connectivity index (χ3n) is 8.46. The lowest BCUT2D eigenvalue weighted by atomic mass is 9.86. The number of nitrogens with two attached hydrogens (primary N) is 1. The van der Waals surface area contributed by atoms with Gasteiger partial charge in [-0.3, -0.25) is 14.7 Å². The van der Waals surface area contributed by atoms with Crippen molar-refractivity contribution in [2.45, 2.75) is 83.5 Å². The van der Waals surface area contributed by atoms with Crippen LogP contribution in [0.2, 0.25) is 0 Å². The zero-order chi connectivity index (χ0) is 33.2. The summed E-state index contributed by atoms with van der Waals surface area (Å²) < 4.78 is 15.9. The average molecular weight is 628 g/mol. The number of amides is 2. The Morgan fingerprint density at radius 1 is 0.978 bits per heavy atom. The lowest BCUT2D eigenvalue weighted by molar-refractivity contribution is 0.0519. The van der Waals surface area contributed by atoms with Gasteiger partial charge in [-0.2, -0.15) is 0 Å². The molecule has 11 heteroatoms. The Bertz CT molecular complexity index is 1740. The number of carboxylic acid groups (broad SMARTS) is 1. The number of para-hydroxylation sites is 1. The van der Waals surface area contributed by atoms with Crippen LogP contribution < -0.4 is 21.7 Å². The van der Waals surface area contributed by atoms with E-state index in [0.29, 0.717) is 29.7 Å². The molecule has 0 spiro atoms. The summed E-state index contributed by atoms with van der Waals surface area (Å²) in [4.78, 5) is 36.7. The van der Waals surface area contributed by atoms with Gasteiger partial charge in [0, 0.05) is 17.0 Å². The predicted octanol–water partition coefficient (Wildman–Crippen LogP) is 7.26. The Balaban J connectivity index is 1.53. The fourth-order valence-corrected chi connectivity index (χ4v) is 6.22. The number of aromatic nitrogens is 2. The number of nitrogens with zero attached hydrogens (tertiary/aromatic N) is 3. The van der Waals surface area contributed by atoms with E-state index in [1.807, 2.05) is 83.1 Å². The number of halogens is 1. The second kappa shape index (κ2) is 12.8. The standard InChI is InChI=1S/C35H42FN7O3/c1-34(2,3)43(33(45)46)28-17-10-9-16-27(28)40-31-25(36)19-24(32(44)42-35(4,5)22-13-7-6-8-14-22)30(41-31)39-23-18-21-12-11-15-26(37)29(21)38-20-23/h6-8,11-15,18-20,27-28H,9-10,16-17,37H2,1-5H3,(H,42,44)(H,45,46)(H2,39,40,41)/t27-,28+/m0/s1. The van der Waals surface area contributed by atoms with Crippen LogP contribution in [0.1, 0.15) is 76.2 Å². The van der Waals surface area contributed by atoms with Crippen LogP contribution in [0, 0.1) is 5.82 Å². The van der Waals surface area contributed by atoms with E-state index in [2.05, 4.69) is 25.9 Å². The smallest absolute Gasteiger partial charge is 0.408 e.